The molecular formula is C12H17NO2. The van der Waals surface area contributed by atoms with Crippen LogP contribution in [0.3, 0.4) is 0 Å². The lowest BCUT2D eigenvalue weighted by Crippen LogP contribution is -2.16. The Bertz CT molecular complexity index is 385. The Labute approximate surface area is 89.9 Å². The molecule has 0 aromatic heterocycles. The molecule has 0 saturated carbocycles. The van der Waals surface area contributed by atoms with Gasteiger partial charge >= 0.3 is 5.97 Å². The van der Waals surface area contributed by atoms with Gasteiger partial charge in [-0.25, -0.2) is 0 Å². The van der Waals surface area contributed by atoms with Crippen molar-refractivity contribution in [1.82, 2.24) is 0 Å². The fourth-order valence-electron chi connectivity index (χ4n) is 1.76. The maximum Gasteiger partial charge on any atom is 0.305 e. The number of benzene rings is 1. The van der Waals surface area contributed by atoms with Crippen molar-refractivity contribution in [2.45, 2.75) is 33.2 Å². The lowest BCUT2D eigenvalue weighted by atomic mass is 9.94. The van der Waals surface area contributed by atoms with Crippen LogP contribution in [0.4, 0.5) is 0 Å². The van der Waals surface area contributed by atoms with E-state index in [4.69, 9.17) is 10.8 Å². The van der Waals surface area contributed by atoms with Crippen LogP contribution in [0, 0.1) is 20.8 Å². The summed E-state index contributed by atoms with van der Waals surface area (Å²) >= 11 is 0. The average Bonchev–Trinajstić information content (AvgIpc) is 2.09. The molecule has 0 heterocycles. The number of aliphatic carboxylic acids is 1. The van der Waals surface area contributed by atoms with Gasteiger partial charge in [-0.3, -0.25) is 4.79 Å². The third-order valence-electron chi connectivity index (χ3n) is 2.65. The number of nitrogens with two attached hydrogens (primary N) is 1. The van der Waals surface area contributed by atoms with Gasteiger partial charge in [0.05, 0.1) is 6.42 Å². The van der Waals surface area contributed by atoms with Crippen LogP contribution in [0.15, 0.2) is 12.1 Å². The Morgan fingerprint density at radius 2 is 2.00 bits per heavy atom. The summed E-state index contributed by atoms with van der Waals surface area (Å²) in [6.45, 7) is 5.98. The number of aryl methyl sites for hydroxylation is 2. The minimum Gasteiger partial charge on any atom is -0.481 e. The molecule has 0 spiro atoms. The van der Waals surface area contributed by atoms with Gasteiger partial charge in [0.15, 0.2) is 0 Å². The van der Waals surface area contributed by atoms with E-state index in [9.17, 15) is 4.79 Å². The molecular weight excluding hydrogens is 190 g/mol. The van der Waals surface area contributed by atoms with Crippen molar-refractivity contribution in [2.75, 3.05) is 0 Å². The molecule has 1 atom stereocenters. The molecule has 0 bridgehead atoms. The van der Waals surface area contributed by atoms with Gasteiger partial charge in [-0.2, -0.15) is 0 Å². The van der Waals surface area contributed by atoms with Crippen molar-refractivity contribution in [3.63, 3.8) is 0 Å². The summed E-state index contributed by atoms with van der Waals surface area (Å²) < 4.78 is 0. The smallest absolute Gasteiger partial charge is 0.305 e. The zero-order valence-electron chi connectivity index (χ0n) is 9.37. The first kappa shape index (κ1) is 11.7. The van der Waals surface area contributed by atoms with E-state index < -0.39 is 12.0 Å². The molecule has 1 aromatic carbocycles. The van der Waals surface area contributed by atoms with Gasteiger partial charge in [-0.15, -0.1) is 0 Å². The van der Waals surface area contributed by atoms with E-state index in [0.29, 0.717) is 0 Å². The van der Waals surface area contributed by atoms with Crippen LogP contribution in [-0.2, 0) is 4.79 Å². The molecule has 3 nitrogen and oxygen atoms in total. The zero-order chi connectivity index (χ0) is 11.6. The van der Waals surface area contributed by atoms with Crippen LogP contribution in [-0.4, -0.2) is 11.1 Å². The highest BCUT2D eigenvalue weighted by molar-refractivity contribution is 5.68. The Morgan fingerprint density at radius 1 is 1.40 bits per heavy atom. The second-order valence-electron chi connectivity index (χ2n) is 4.00. The van der Waals surface area contributed by atoms with Crippen LogP contribution in [0.5, 0.6) is 0 Å². The summed E-state index contributed by atoms with van der Waals surface area (Å²) in [4.78, 5) is 10.6. The monoisotopic (exact) mass is 207 g/mol. The van der Waals surface area contributed by atoms with Crippen LogP contribution in [0.1, 0.15) is 34.7 Å². The van der Waals surface area contributed by atoms with E-state index in [0.717, 1.165) is 22.3 Å². The van der Waals surface area contributed by atoms with Crippen molar-refractivity contribution in [1.29, 1.82) is 0 Å². The van der Waals surface area contributed by atoms with Gasteiger partial charge in [0, 0.05) is 6.04 Å². The van der Waals surface area contributed by atoms with E-state index in [1.807, 2.05) is 26.8 Å². The number of carboxylic acids is 1. The van der Waals surface area contributed by atoms with Crippen LogP contribution in [0.2, 0.25) is 0 Å². The number of hydrogen-bond acceptors (Lipinski definition) is 2. The Kier molecular flexibility index (Phi) is 3.48. The second kappa shape index (κ2) is 4.45. The molecule has 0 aliphatic carbocycles. The van der Waals surface area contributed by atoms with E-state index in [1.54, 1.807) is 0 Å². The molecule has 15 heavy (non-hydrogen) atoms. The second-order valence-corrected chi connectivity index (χ2v) is 4.00. The van der Waals surface area contributed by atoms with Crippen molar-refractivity contribution in [2.24, 2.45) is 5.73 Å². The summed E-state index contributed by atoms with van der Waals surface area (Å²) in [5.74, 6) is -0.860. The molecule has 0 amide bonds. The third kappa shape index (κ3) is 2.80. The van der Waals surface area contributed by atoms with Gasteiger partial charge in [0.25, 0.3) is 0 Å². The molecule has 3 N–H and O–H groups in total. The average molecular weight is 207 g/mol. The molecule has 1 aromatic rings. The topological polar surface area (TPSA) is 63.3 Å². The molecule has 0 saturated heterocycles. The quantitative estimate of drug-likeness (QED) is 0.797. The minimum absolute atomic E-state index is 0.0241. The number of carbonyl (C=O) groups is 1. The molecule has 1 unspecified atom stereocenters. The van der Waals surface area contributed by atoms with Crippen molar-refractivity contribution in [3.05, 3.63) is 34.4 Å². The van der Waals surface area contributed by atoms with Crippen molar-refractivity contribution >= 4 is 5.97 Å². The van der Waals surface area contributed by atoms with Crippen molar-refractivity contribution < 1.29 is 9.90 Å². The maximum atomic E-state index is 10.6. The molecule has 0 aliphatic rings. The number of rotatable bonds is 3. The first-order valence-electron chi connectivity index (χ1n) is 4.97. The first-order valence-corrected chi connectivity index (χ1v) is 4.97. The van der Waals surface area contributed by atoms with Gasteiger partial charge in [0.1, 0.15) is 0 Å². The Balaban J connectivity index is 3.07. The van der Waals surface area contributed by atoms with E-state index >= 15 is 0 Å². The predicted octanol–water partition coefficient (Wildman–Crippen LogP) is 2.09. The fourth-order valence-corrected chi connectivity index (χ4v) is 1.76. The minimum atomic E-state index is -0.860. The number of hydrogen-bond donors (Lipinski definition) is 2. The Hall–Kier alpha value is -1.35. The van der Waals surface area contributed by atoms with Crippen LogP contribution in [0.25, 0.3) is 0 Å². The summed E-state index contributed by atoms with van der Waals surface area (Å²) in [5.41, 5.74) is 10.2. The van der Waals surface area contributed by atoms with E-state index in [1.165, 1.54) is 0 Å². The zero-order valence-corrected chi connectivity index (χ0v) is 9.37. The molecule has 82 valence electrons. The van der Waals surface area contributed by atoms with Gasteiger partial charge in [-0.1, -0.05) is 17.7 Å². The molecule has 0 fully saturated rings. The highest BCUT2D eigenvalue weighted by atomic mass is 16.4. The van der Waals surface area contributed by atoms with E-state index in [-0.39, 0.29) is 6.42 Å². The predicted molar refractivity (Wildman–Crippen MR) is 59.8 cm³/mol. The summed E-state index contributed by atoms with van der Waals surface area (Å²) in [6, 6.07) is 3.63. The molecule has 0 radical (unpaired) electrons. The highest BCUT2D eigenvalue weighted by Gasteiger charge is 2.14. The van der Waals surface area contributed by atoms with Gasteiger partial charge < -0.3 is 10.8 Å². The van der Waals surface area contributed by atoms with Crippen LogP contribution < -0.4 is 5.73 Å². The standard InChI is InChI=1S/C12H17NO2/c1-7-4-8(2)9(3)10(5-7)11(13)6-12(14)15/h4-5,11H,6,13H2,1-3H3,(H,14,15). The Morgan fingerprint density at radius 3 is 2.53 bits per heavy atom. The lowest BCUT2D eigenvalue weighted by molar-refractivity contribution is -0.137. The van der Waals surface area contributed by atoms with E-state index in [2.05, 4.69) is 6.07 Å². The normalized spacial score (nSPS) is 12.5. The summed E-state index contributed by atoms with van der Waals surface area (Å²) in [6.07, 6.45) is -0.0241. The largest absolute Gasteiger partial charge is 0.481 e. The molecule has 0 aliphatic heterocycles. The highest BCUT2D eigenvalue weighted by Crippen LogP contribution is 2.22. The lowest BCUT2D eigenvalue weighted by Gasteiger charge is -2.15. The SMILES string of the molecule is Cc1cc(C)c(C)c(C(N)CC(=O)O)c1. The van der Waals surface area contributed by atoms with Gasteiger partial charge in [-0.05, 0) is 37.5 Å². The summed E-state index contributed by atoms with van der Waals surface area (Å²) in [5, 5.41) is 8.69. The maximum absolute atomic E-state index is 10.6. The fraction of sp³-hybridized carbons (Fsp3) is 0.417. The van der Waals surface area contributed by atoms with Crippen molar-refractivity contribution in [3.8, 4) is 0 Å². The summed E-state index contributed by atoms with van der Waals surface area (Å²) in [7, 11) is 0. The molecule has 3 heteroatoms. The third-order valence-corrected chi connectivity index (χ3v) is 2.65. The van der Waals surface area contributed by atoms with Gasteiger partial charge in [0.2, 0.25) is 0 Å². The molecule has 1 rings (SSSR count). The number of carboxylic acid groups (broad SMARTS) is 1. The first-order chi connectivity index (χ1) is 6.91. The van der Waals surface area contributed by atoms with Crippen LogP contribution >= 0.6 is 0 Å².